The van der Waals surface area contributed by atoms with E-state index in [1.165, 1.54) is 5.69 Å². The van der Waals surface area contributed by atoms with Crippen molar-refractivity contribution in [3.05, 3.63) is 30.3 Å². The van der Waals surface area contributed by atoms with Gasteiger partial charge in [-0.1, -0.05) is 18.2 Å². The number of likely N-dealkylation sites (N-methyl/N-ethyl adjacent to an activating group) is 1. The molecule has 1 aliphatic rings. The first-order valence-corrected chi connectivity index (χ1v) is 8.65. The first-order chi connectivity index (χ1) is 11.6. The first kappa shape index (κ1) is 21.5. The number of carbonyl (C=O) groups excluding carboxylic acids is 1. The zero-order chi connectivity index (χ0) is 17.4. The molecule has 140 valence electrons. The number of nitrogens with zero attached hydrogens (tertiary/aromatic N) is 3. The summed E-state index contributed by atoms with van der Waals surface area (Å²) in [6, 6.07) is 10.9. The highest BCUT2D eigenvalue weighted by Crippen LogP contribution is 2.19. The van der Waals surface area contributed by atoms with Crippen LogP contribution in [0.2, 0.25) is 0 Å². The fourth-order valence-corrected chi connectivity index (χ4v) is 2.72. The minimum Gasteiger partial charge on any atom is -0.371 e. The van der Waals surface area contributed by atoms with Crippen LogP contribution in [0.15, 0.2) is 35.3 Å². The van der Waals surface area contributed by atoms with Gasteiger partial charge in [-0.15, -0.1) is 24.0 Å². The number of guanidine groups is 1. The zero-order valence-electron chi connectivity index (χ0n) is 15.4. The lowest BCUT2D eigenvalue weighted by molar-refractivity contribution is -0.127. The second-order valence-electron chi connectivity index (χ2n) is 6.22. The van der Waals surface area contributed by atoms with Gasteiger partial charge in [0.2, 0.25) is 5.91 Å². The van der Waals surface area contributed by atoms with E-state index in [0.29, 0.717) is 6.04 Å². The molecular weight excluding hydrogens is 429 g/mol. The summed E-state index contributed by atoms with van der Waals surface area (Å²) in [6.45, 7) is 5.04. The van der Waals surface area contributed by atoms with Gasteiger partial charge in [0.15, 0.2) is 5.96 Å². The summed E-state index contributed by atoms with van der Waals surface area (Å²) in [5.74, 6) is 0.733. The molecule has 1 fully saturated rings. The normalized spacial score (nSPS) is 15.3. The maximum Gasteiger partial charge on any atom is 0.243 e. The van der Waals surface area contributed by atoms with Gasteiger partial charge in [-0.25, -0.2) is 4.99 Å². The number of aliphatic imine (C=N–C) groups is 1. The summed E-state index contributed by atoms with van der Waals surface area (Å²) in [5.41, 5.74) is 1.29. The number of benzene rings is 1. The molecule has 0 atom stereocenters. The van der Waals surface area contributed by atoms with E-state index >= 15 is 0 Å². The number of para-hydroxylation sites is 1. The van der Waals surface area contributed by atoms with Crippen LogP contribution in [0.3, 0.4) is 0 Å². The van der Waals surface area contributed by atoms with Gasteiger partial charge < -0.3 is 20.4 Å². The minimum atomic E-state index is 0. The van der Waals surface area contributed by atoms with Crippen molar-refractivity contribution in [1.29, 1.82) is 0 Å². The van der Waals surface area contributed by atoms with Crippen molar-refractivity contribution in [2.24, 2.45) is 4.99 Å². The van der Waals surface area contributed by atoms with Crippen LogP contribution in [0.25, 0.3) is 0 Å². The molecule has 0 radical (unpaired) electrons. The molecule has 6 nitrogen and oxygen atoms in total. The number of anilines is 1. The van der Waals surface area contributed by atoms with Crippen molar-refractivity contribution in [2.45, 2.75) is 25.8 Å². The quantitative estimate of drug-likeness (QED) is 0.402. The highest BCUT2D eigenvalue weighted by molar-refractivity contribution is 14.0. The summed E-state index contributed by atoms with van der Waals surface area (Å²) in [4.78, 5) is 20.1. The standard InChI is InChI=1S/C18H29N5O.HI/c1-4-19-18(20-14-17(24)22(2)3)21-15-10-12-23(13-11-15)16-8-6-5-7-9-16;/h5-9,15H,4,10-14H2,1-3H3,(H2,19,20,21);1H. The van der Waals surface area contributed by atoms with Crippen LogP contribution < -0.4 is 15.5 Å². The van der Waals surface area contributed by atoms with Crippen molar-refractivity contribution in [3.8, 4) is 0 Å². The molecule has 0 unspecified atom stereocenters. The number of hydrogen-bond acceptors (Lipinski definition) is 3. The molecule has 1 saturated heterocycles. The summed E-state index contributed by atoms with van der Waals surface area (Å²) in [5, 5.41) is 6.69. The number of piperidine rings is 1. The van der Waals surface area contributed by atoms with Crippen LogP contribution in [0.4, 0.5) is 5.69 Å². The third-order valence-electron chi connectivity index (χ3n) is 4.17. The Balaban J connectivity index is 0.00000312. The molecule has 1 aromatic rings. The molecule has 1 aliphatic heterocycles. The third-order valence-corrected chi connectivity index (χ3v) is 4.17. The van der Waals surface area contributed by atoms with E-state index in [4.69, 9.17) is 0 Å². The van der Waals surface area contributed by atoms with Gasteiger partial charge >= 0.3 is 0 Å². The molecule has 1 heterocycles. The molecule has 7 heteroatoms. The number of halogens is 1. The Morgan fingerprint density at radius 2 is 1.88 bits per heavy atom. The fraction of sp³-hybridized carbons (Fsp3) is 0.556. The Labute approximate surface area is 168 Å². The van der Waals surface area contributed by atoms with Crippen molar-refractivity contribution in [3.63, 3.8) is 0 Å². The van der Waals surface area contributed by atoms with Gasteiger partial charge in [-0.05, 0) is 31.9 Å². The summed E-state index contributed by atoms with van der Waals surface area (Å²) in [7, 11) is 3.50. The predicted molar refractivity (Wildman–Crippen MR) is 115 cm³/mol. The topological polar surface area (TPSA) is 60.0 Å². The Morgan fingerprint density at radius 3 is 2.44 bits per heavy atom. The molecule has 25 heavy (non-hydrogen) atoms. The second-order valence-corrected chi connectivity index (χ2v) is 6.22. The smallest absolute Gasteiger partial charge is 0.243 e. The maximum absolute atomic E-state index is 11.7. The van der Waals surface area contributed by atoms with Crippen molar-refractivity contribution in [2.75, 3.05) is 45.2 Å². The van der Waals surface area contributed by atoms with Gasteiger partial charge in [-0.3, -0.25) is 4.79 Å². The molecule has 0 spiro atoms. The van der Waals surface area contributed by atoms with Crippen LogP contribution in [0.1, 0.15) is 19.8 Å². The van der Waals surface area contributed by atoms with Crippen LogP contribution >= 0.6 is 24.0 Å². The average molecular weight is 459 g/mol. The number of carbonyl (C=O) groups is 1. The second kappa shape index (κ2) is 11.2. The highest BCUT2D eigenvalue weighted by atomic mass is 127. The van der Waals surface area contributed by atoms with Gasteiger partial charge in [0.25, 0.3) is 0 Å². The van der Waals surface area contributed by atoms with Gasteiger partial charge in [0, 0.05) is 45.5 Å². The lowest BCUT2D eigenvalue weighted by Crippen LogP contribution is -2.49. The van der Waals surface area contributed by atoms with E-state index < -0.39 is 0 Å². The highest BCUT2D eigenvalue weighted by Gasteiger charge is 2.20. The van der Waals surface area contributed by atoms with E-state index in [2.05, 4.69) is 44.8 Å². The first-order valence-electron chi connectivity index (χ1n) is 8.65. The summed E-state index contributed by atoms with van der Waals surface area (Å²) >= 11 is 0. The largest absolute Gasteiger partial charge is 0.371 e. The predicted octanol–water partition coefficient (Wildman–Crippen LogP) is 1.92. The van der Waals surface area contributed by atoms with E-state index in [-0.39, 0.29) is 36.4 Å². The number of amides is 1. The number of nitrogens with one attached hydrogen (secondary N) is 2. The average Bonchev–Trinajstić information content (AvgIpc) is 2.61. The van der Waals surface area contributed by atoms with Crippen molar-refractivity contribution < 1.29 is 4.79 Å². The molecule has 2 rings (SSSR count). The Bertz CT molecular complexity index is 542. The molecule has 0 aromatic heterocycles. The van der Waals surface area contributed by atoms with Crippen LogP contribution in [-0.2, 0) is 4.79 Å². The molecule has 0 bridgehead atoms. The van der Waals surface area contributed by atoms with E-state index in [1.807, 2.05) is 13.0 Å². The zero-order valence-corrected chi connectivity index (χ0v) is 17.7. The Kier molecular flexibility index (Phi) is 9.62. The summed E-state index contributed by atoms with van der Waals surface area (Å²) < 4.78 is 0. The van der Waals surface area contributed by atoms with Crippen LogP contribution in [0.5, 0.6) is 0 Å². The van der Waals surface area contributed by atoms with Gasteiger partial charge in [0.05, 0.1) is 0 Å². The van der Waals surface area contributed by atoms with E-state index in [0.717, 1.165) is 38.4 Å². The monoisotopic (exact) mass is 459 g/mol. The van der Waals surface area contributed by atoms with Crippen LogP contribution in [0, 0.1) is 0 Å². The maximum atomic E-state index is 11.7. The number of rotatable bonds is 5. The lowest BCUT2D eigenvalue weighted by Gasteiger charge is -2.34. The third kappa shape index (κ3) is 7.09. The fourth-order valence-electron chi connectivity index (χ4n) is 2.72. The number of hydrogen-bond donors (Lipinski definition) is 2. The Hall–Kier alpha value is -1.51. The van der Waals surface area contributed by atoms with Crippen molar-refractivity contribution >= 4 is 41.5 Å². The molecular formula is C18H30IN5O. The Morgan fingerprint density at radius 1 is 1.24 bits per heavy atom. The molecule has 1 aromatic carbocycles. The molecule has 1 amide bonds. The lowest BCUT2D eigenvalue weighted by atomic mass is 10.0. The van der Waals surface area contributed by atoms with Gasteiger partial charge in [-0.2, -0.15) is 0 Å². The molecule has 0 saturated carbocycles. The molecule has 0 aliphatic carbocycles. The summed E-state index contributed by atoms with van der Waals surface area (Å²) in [6.07, 6.45) is 2.11. The minimum absolute atomic E-state index is 0. The van der Waals surface area contributed by atoms with Gasteiger partial charge in [0.1, 0.15) is 6.54 Å². The van der Waals surface area contributed by atoms with E-state index in [1.54, 1.807) is 19.0 Å². The van der Waals surface area contributed by atoms with Crippen molar-refractivity contribution in [1.82, 2.24) is 15.5 Å². The van der Waals surface area contributed by atoms with E-state index in [9.17, 15) is 4.79 Å². The molecule has 2 N–H and O–H groups in total. The van der Waals surface area contributed by atoms with Crippen LogP contribution in [-0.4, -0.2) is 63.1 Å². The SMILES string of the molecule is CCNC(=NCC(=O)N(C)C)NC1CCN(c2ccccc2)CC1.I.